The normalized spacial score (nSPS) is 11.7. The third kappa shape index (κ3) is 3.16. The number of benzene rings is 1. The molecule has 1 aromatic carbocycles. The monoisotopic (exact) mass is 285 g/mol. The topological polar surface area (TPSA) is 98.2 Å². The highest BCUT2D eigenvalue weighted by molar-refractivity contribution is 7.89. The smallest absolute Gasteiger partial charge is 0.243 e. The van der Waals surface area contributed by atoms with E-state index in [1.165, 1.54) is 24.4 Å². The van der Waals surface area contributed by atoms with Crippen LogP contribution in [-0.2, 0) is 23.1 Å². The minimum Gasteiger partial charge on any atom is -0.360 e. The Morgan fingerprint density at radius 1 is 1.37 bits per heavy atom. The van der Waals surface area contributed by atoms with E-state index < -0.39 is 20.7 Å². The summed E-state index contributed by atoms with van der Waals surface area (Å²) in [6, 6.07) is 5.23. The zero-order chi connectivity index (χ0) is 13.9. The number of nitrogens with two attached hydrogens (primary N) is 1. The summed E-state index contributed by atoms with van der Waals surface area (Å²) >= 11 is 0. The van der Waals surface area contributed by atoms with E-state index in [1.807, 2.05) is 0 Å². The Bertz CT molecular complexity index is 656. The standard InChI is InChI=1S/C11H12FN3O3S/c12-10-2-1-8(6-13)5-11(10)19(16,17)15-7-9-3-4-14-18-9/h1-5,15H,6-7,13H2. The molecule has 2 aromatic rings. The van der Waals surface area contributed by atoms with Crippen LogP contribution in [0.3, 0.4) is 0 Å². The number of hydrogen-bond donors (Lipinski definition) is 2. The van der Waals surface area contributed by atoms with Crippen molar-refractivity contribution in [2.75, 3.05) is 0 Å². The van der Waals surface area contributed by atoms with Crippen LogP contribution in [0.25, 0.3) is 0 Å². The summed E-state index contributed by atoms with van der Waals surface area (Å²) in [5.41, 5.74) is 5.93. The molecule has 0 unspecified atom stereocenters. The Morgan fingerprint density at radius 3 is 2.79 bits per heavy atom. The minimum atomic E-state index is -3.97. The highest BCUT2D eigenvalue weighted by atomic mass is 32.2. The molecule has 0 radical (unpaired) electrons. The number of aromatic nitrogens is 1. The number of sulfonamides is 1. The van der Waals surface area contributed by atoms with Crippen molar-refractivity contribution in [1.29, 1.82) is 0 Å². The van der Waals surface area contributed by atoms with Crippen molar-refractivity contribution >= 4 is 10.0 Å². The summed E-state index contributed by atoms with van der Waals surface area (Å²) in [5, 5.41) is 3.44. The van der Waals surface area contributed by atoms with Gasteiger partial charge in [-0.15, -0.1) is 0 Å². The SMILES string of the molecule is NCc1ccc(F)c(S(=O)(=O)NCc2ccno2)c1. The van der Waals surface area contributed by atoms with Crippen LogP contribution in [0.1, 0.15) is 11.3 Å². The van der Waals surface area contributed by atoms with Crippen molar-refractivity contribution in [3.05, 3.63) is 47.6 Å². The highest BCUT2D eigenvalue weighted by Crippen LogP contribution is 2.16. The first-order valence-electron chi connectivity index (χ1n) is 5.40. The van der Waals surface area contributed by atoms with E-state index in [2.05, 4.69) is 9.88 Å². The molecule has 0 spiro atoms. The maximum Gasteiger partial charge on any atom is 0.243 e. The largest absolute Gasteiger partial charge is 0.360 e. The van der Waals surface area contributed by atoms with Gasteiger partial charge in [-0.1, -0.05) is 11.2 Å². The van der Waals surface area contributed by atoms with Gasteiger partial charge in [-0.3, -0.25) is 0 Å². The molecule has 102 valence electrons. The molecule has 0 amide bonds. The lowest BCUT2D eigenvalue weighted by molar-refractivity contribution is 0.380. The van der Waals surface area contributed by atoms with E-state index >= 15 is 0 Å². The van der Waals surface area contributed by atoms with Gasteiger partial charge in [0.2, 0.25) is 10.0 Å². The Labute approximate surface area is 109 Å². The van der Waals surface area contributed by atoms with E-state index in [0.29, 0.717) is 11.3 Å². The van der Waals surface area contributed by atoms with Crippen molar-refractivity contribution in [3.63, 3.8) is 0 Å². The summed E-state index contributed by atoms with van der Waals surface area (Å²) in [4.78, 5) is -0.435. The fourth-order valence-corrected chi connectivity index (χ4v) is 2.58. The second kappa shape index (κ2) is 5.47. The van der Waals surface area contributed by atoms with Crippen LogP contribution in [-0.4, -0.2) is 13.6 Å². The molecule has 3 N–H and O–H groups in total. The van der Waals surface area contributed by atoms with Gasteiger partial charge in [-0.2, -0.15) is 0 Å². The molecule has 0 aliphatic rings. The summed E-state index contributed by atoms with van der Waals surface area (Å²) in [7, 11) is -3.97. The van der Waals surface area contributed by atoms with E-state index in [0.717, 1.165) is 6.07 Å². The van der Waals surface area contributed by atoms with Crippen LogP contribution in [0.15, 0.2) is 39.9 Å². The van der Waals surface area contributed by atoms with Crippen molar-refractivity contribution in [1.82, 2.24) is 9.88 Å². The molecule has 0 aliphatic carbocycles. The average Bonchev–Trinajstić information content (AvgIpc) is 2.90. The second-order valence-corrected chi connectivity index (χ2v) is 5.51. The summed E-state index contributed by atoms with van der Waals surface area (Å²) < 4.78 is 44.5. The predicted molar refractivity (Wildman–Crippen MR) is 64.8 cm³/mol. The first-order chi connectivity index (χ1) is 9.03. The molecule has 2 rings (SSSR count). The maximum atomic E-state index is 13.6. The van der Waals surface area contributed by atoms with Gasteiger partial charge in [0.1, 0.15) is 10.7 Å². The molecular formula is C11H12FN3O3S. The minimum absolute atomic E-state index is 0.103. The summed E-state index contributed by atoms with van der Waals surface area (Å²) in [6.07, 6.45) is 1.39. The van der Waals surface area contributed by atoms with E-state index in [9.17, 15) is 12.8 Å². The lowest BCUT2D eigenvalue weighted by Crippen LogP contribution is -2.24. The van der Waals surface area contributed by atoms with E-state index in [-0.39, 0.29) is 13.1 Å². The molecule has 8 heteroatoms. The van der Waals surface area contributed by atoms with Gasteiger partial charge in [0.05, 0.1) is 12.7 Å². The van der Waals surface area contributed by atoms with Gasteiger partial charge in [0.25, 0.3) is 0 Å². The average molecular weight is 285 g/mol. The fourth-order valence-electron chi connectivity index (χ4n) is 1.46. The predicted octanol–water partition coefficient (Wildman–Crippen LogP) is 0.751. The third-order valence-corrected chi connectivity index (χ3v) is 3.86. The van der Waals surface area contributed by atoms with Crippen molar-refractivity contribution in [2.45, 2.75) is 18.0 Å². The third-order valence-electron chi connectivity index (χ3n) is 2.45. The summed E-state index contributed by atoms with van der Waals surface area (Å²) in [6.45, 7) is 0.0273. The number of rotatable bonds is 5. The molecule has 0 fully saturated rings. The molecule has 19 heavy (non-hydrogen) atoms. The molecule has 0 aliphatic heterocycles. The highest BCUT2D eigenvalue weighted by Gasteiger charge is 2.19. The quantitative estimate of drug-likeness (QED) is 0.844. The maximum absolute atomic E-state index is 13.6. The molecule has 6 nitrogen and oxygen atoms in total. The Morgan fingerprint density at radius 2 is 2.16 bits per heavy atom. The van der Waals surface area contributed by atoms with Crippen LogP contribution in [0, 0.1) is 5.82 Å². The lowest BCUT2D eigenvalue weighted by Gasteiger charge is -2.07. The fraction of sp³-hybridized carbons (Fsp3) is 0.182. The number of nitrogens with zero attached hydrogens (tertiary/aromatic N) is 1. The van der Waals surface area contributed by atoms with Gasteiger partial charge >= 0.3 is 0 Å². The zero-order valence-electron chi connectivity index (χ0n) is 9.84. The van der Waals surface area contributed by atoms with Gasteiger partial charge in [-0.25, -0.2) is 17.5 Å². The Hall–Kier alpha value is -1.77. The molecular weight excluding hydrogens is 273 g/mol. The molecule has 0 atom stereocenters. The number of halogens is 1. The molecule has 0 saturated carbocycles. The lowest BCUT2D eigenvalue weighted by atomic mass is 10.2. The molecule has 1 aromatic heterocycles. The van der Waals surface area contributed by atoms with Crippen LogP contribution < -0.4 is 10.5 Å². The Kier molecular flexibility index (Phi) is 3.93. The van der Waals surface area contributed by atoms with Crippen LogP contribution in [0.5, 0.6) is 0 Å². The van der Waals surface area contributed by atoms with Crippen LogP contribution in [0.4, 0.5) is 4.39 Å². The number of nitrogens with one attached hydrogen (secondary N) is 1. The zero-order valence-corrected chi connectivity index (χ0v) is 10.7. The van der Waals surface area contributed by atoms with Crippen molar-refractivity contribution in [2.24, 2.45) is 5.73 Å². The van der Waals surface area contributed by atoms with Crippen LogP contribution in [0.2, 0.25) is 0 Å². The number of hydrogen-bond acceptors (Lipinski definition) is 5. The first kappa shape index (κ1) is 13.7. The molecule has 1 heterocycles. The van der Waals surface area contributed by atoms with Gasteiger partial charge < -0.3 is 10.3 Å². The summed E-state index contributed by atoms with van der Waals surface area (Å²) in [5.74, 6) is -0.499. The van der Waals surface area contributed by atoms with Gasteiger partial charge in [-0.05, 0) is 17.7 Å². The van der Waals surface area contributed by atoms with E-state index in [1.54, 1.807) is 0 Å². The molecule has 0 bridgehead atoms. The molecule has 0 saturated heterocycles. The van der Waals surface area contributed by atoms with E-state index in [4.69, 9.17) is 10.3 Å². The van der Waals surface area contributed by atoms with Gasteiger partial charge in [0.15, 0.2) is 5.76 Å². The van der Waals surface area contributed by atoms with Crippen LogP contribution >= 0.6 is 0 Å². The van der Waals surface area contributed by atoms with Gasteiger partial charge in [0, 0.05) is 12.6 Å². The van der Waals surface area contributed by atoms with Crippen molar-refractivity contribution in [3.8, 4) is 0 Å². The Balaban J connectivity index is 2.23. The second-order valence-electron chi connectivity index (χ2n) is 3.77. The van der Waals surface area contributed by atoms with Crippen molar-refractivity contribution < 1.29 is 17.3 Å². The first-order valence-corrected chi connectivity index (χ1v) is 6.89.